The van der Waals surface area contributed by atoms with E-state index in [2.05, 4.69) is 29.0 Å². The fourth-order valence-corrected chi connectivity index (χ4v) is 3.26. The van der Waals surface area contributed by atoms with Gasteiger partial charge < -0.3 is 14.6 Å². The lowest BCUT2D eigenvalue weighted by atomic mass is 9.97. The number of pyridine rings is 1. The molecule has 0 spiro atoms. The number of aromatic nitrogens is 2. The van der Waals surface area contributed by atoms with Crippen LogP contribution in [0.1, 0.15) is 31.2 Å². The molecule has 3 aromatic rings. The number of ether oxygens (including phenoxy) is 1. The van der Waals surface area contributed by atoms with Gasteiger partial charge in [0.15, 0.2) is 0 Å². The van der Waals surface area contributed by atoms with E-state index in [1.807, 2.05) is 31.2 Å². The van der Waals surface area contributed by atoms with E-state index in [9.17, 15) is 0 Å². The van der Waals surface area contributed by atoms with Crippen molar-refractivity contribution in [2.24, 2.45) is 5.92 Å². The van der Waals surface area contributed by atoms with Crippen molar-refractivity contribution in [3.8, 4) is 22.6 Å². The molecule has 1 aromatic carbocycles. The van der Waals surface area contributed by atoms with Crippen molar-refractivity contribution in [1.82, 2.24) is 9.97 Å². The molecule has 0 unspecified atom stereocenters. The van der Waals surface area contributed by atoms with E-state index >= 15 is 0 Å². The van der Waals surface area contributed by atoms with Gasteiger partial charge in [-0.3, -0.25) is 4.98 Å². The van der Waals surface area contributed by atoms with Crippen molar-refractivity contribution in [1.29, 1.82) is 5.41 Å². The highest BCUT2D eigenvalue weighted by atomic mass is 16.5. The second-order valence-electron chi connectivity index (χ2n) is 6.92. The molecule has 28 heavy (non-hydrogen) atoms. The highest BCUT2D eigenvalue weighted by Gasteiger charge is 2.16. The van der Waals surface area contributed by atoms with Crippen molar-refractivity contribution < 1.29 is 9.15 Å². The van der Waals surface area contributed by atoms with E-state index in [0.717, 1.165) is 40.3 Å². The SMILES string of the molecule is CC[C@H](COC)C(=N)CCc1nc(-c2ccc(-c3ccncc3)cc2)oc1C. The minimum Gasteiger partial charge on any atom is -0.441 e. The third-order valence-electron chi connectivity index (χ3n) is 5.02. The number of nitrogens with zero attached hydrogens (tertiary/aromatic N) is 2. The molecule has 3 rings (SSSR count). The molecule has 0 aliphatic carbocycles. The fourth-order valence-electron chi connectivity index (χ4n) is 3.26. The fraction of sp³-hybridized carbons (Fsp3) is 0.348. The number of nitrogens with one attached hydrogen (secondary N) is 1. The van der Waals surface area contributed by atoms with Crippen LogP contribution >= 0.6 is 0 Å². The minimum atomic E-state index is 0.178. The summed E-state index contributed by atoms with van der Waals surface area (Å²) in [5, 5.41) is 8.30. The molecule has 0 saturated carbocycles. The molecule has 0 radical (unpaired) electrons. The number of oxazole rings is 1. The maximum Gasteiger partial charge on any atom is 0.226 e. The van der Waals surface area contributed by atoms with Gasteiger partial charge in [0.1, 0.15) is 5.76 Å². The summed E-state index contributed by atoms with van der Waals surface area (Å²) in [5.74, 6) is 1.63. The largest absolute Gasteiger partial charge is 0.441 e. The molecule has 2 heterocycles. The first kappa shape index (κ1) is 20.0. The highest BCUT2D eigenvalue weighted by Crippen LogP contribution is 2.26. The zero-order chi connectivity index (χ0) is 19.9. The monoisotopic (exact) mass is 377 g/mol. The number of aryl methyl sites for hydroxylation is 2. The molecule has 1 N–H and O–H groups in total. The smallest absolute Gasteiger partial charge is 0.226 e. The molecule has 0 aliphatic heterocycles. The summed E-state index contributed by atoms with van der Waals surface area (Å²) >= 11 is 0. The lowest BCUT2D eigenvalue weighted by molar-refractivity contribution is 0.173. The standard InChI is InChI=1S/C23H27N3O2/c1-4-17(15-27-3)21(24)9-10-22-16(2)28-23(26-22)20-7-5-18(6-8-20)19-11-13-25-14-12-19/h5-8,11-14,17,24H,4,9-10,15H2,1-3H3/t17-/m1/s1. The predicted molar refractivity (Wildman–Crippen MR) is 112 cm³/mol. The third-order valence-corrected chi connectivity index (χ3v) is 5.02. The van der Waals surface area contributed by atoms with Gasteiger partial charge in [-0.25, -0.2) is 4.98 Å². The number of hydrogen-bond donors (Lipinski definition) is 1. The van der Waals surface area contributed by atoms with Crippen molar-refractivity contribution in [2.45, 2.75) is 33.1 Å². The van der Waals surface area contributed by atoms with Crippen LogP contribution < -0.4 is 0 Å². The van der Waals surface area contributed by atoms with Crippen LogP contribution in [-0.2, 0) is 11.2 Å². The van der Waals surface area contributed by atoms with Crippen LogP contribution in [0.15, 0.2) is 53.2 Å². The second-order valence-corrected chi connectivity index (χ2v) is 6.92. The Balaban J connectivity index is 1.69. The summed E-state index contributed by atoms with van der Waals surface area (Å²) in [4.78, 5) is 8.74. The van der Waals surface area contributed by atoms with Crippen LogP contribution in [0, 0.1) is 18.3 Å². The van der Waals surface area contributed by atoms with Gasteiger partial charge >= 0.3 is 0 Å². The van der Waals surface area contributed by atoms with Gasteiger partial charge in [0, 0.05) is 36.7 Å². The average Bonchev–Trinajstić information content (AvgIpc) is 3.11. The molecule has 0 bridgehead atoms. The van der Waals surface area contributed by atoms with E-state index < -0.39 is 0 Å². The van der Waals surface area contributed by atoms with Crippen molar-refractivity contribution >= 4 is 5.71 Å². The first-order chi connectivity index (χ1) is 13.6. The lowest BCUT2D eigenvalue weighted by Crippen LogP contribution is -2.18. The van der Waals surface area contributed by atoms with Crippen molar-refractivity contribution in [2.75, 3.05) is 13.7 Å². The Kier molecular flexibility index (Phi) is 6.71. The van der Waals surface area contributed by atoms with Gasteiger partial charge in [0.2, 0.25) is 5.89 Å². The van der Waals surface area contributed by atoms with Crippen LogP contribution in [0.25, 0.3) is 22.6 Å². The number of methoxy groups -OCH3 is 1. The third kappa shape index (κ3) is 4.73. The van der Waals surface area contributed by atoms with Crippen LogP contribution in [-0.4, -0.2) is 29.4 Å². The molecule has 1 atom stereocenters. The maximum atomic E-state index is 8.30. The van der Waals surface area contributed by atoms with Crippen LogP contribution in [0.5, 0.6) is 0 Å². The molecular formula is C23H27N3O2. The zero-order valence-electron chi connectivity index (χ0n) is 16.7. The summed E-state index contributed by atoms with van der Waals surface area (Å²) in [6.07, 6.45) is 5.89. The zero-order valence-corrected chi connectivity index (χ0v) is 16.7. The minimum absolute atomic E-state index is 0.178. The quantitative estimate of drug-likeness (QED) is 0.511. The van der Waals surface area contributed by atoms with E-state index in [4.69, 9.17) is 14.6 Å². The molecule has 5 nitrogen and oxygen atoms in total. The van der Waals surface area contributed by atoms with Crippen LogP contribution in [0.2, 0.25) is 0 Å². The van der Waals surface area contributed by atoms with Crippen LogP contribution in [0.4, 0.5) is 0 Å². The Morgan fingerprint density at radius 1 is 1.07 bits per heavy atom. The van der Waals surface area contributed by atoms with Gasteiger partial charge in [0.25, 0.3) is 0 Å². The molecule has 146 valence electrons. The molecule has 0 saturated heterocycles. The lowest BCUT2D eigenvalue weighted by Gasteiger charge is -2.14. The Bertz CT molecular complexity index is 901. The summed E-state index contributed by atoms with van der Waals surface area (Å²) in [6.45, 7) is 4.63. The summed E-state index contributed by atoms with van der Waals surface area (Å²) in [5.41, 5.74) is 4.85. The van der Waals surface area contributed by atoms with Gasteiger partial charge in [0.05, 0.1) is 12.3 Å². The van der Waals surface area contributed by atoms with Crippen molar-refractivity contribution in [3.05, 3.63) is 60.2 Å². The number of hydrogen-bond acceptors (Lipinski definition) is 5. The van der Waals surface area contributed by atoms with E-state index in [1.165, 1.54) is 0 Å². The predicted octanol–water partition coefficient (Wildman–Crippen LogP) is 5.34. The van der Waals surface area contributed by atoms with Gasteiger partial charge in [-0.15, -0.1) is 0 Å². The Labute approximate surface area is 166 Å². The summed E-state index contributed by atoms with van der Waals surface area (Å²) in [6, 6.07) is 12.2. The average molecular weight is 377 g/mol. The molecule has 0 amide bonds. The van der Waals surface area contributed by atoms with Gasteiger partial charge in [-0.05, 0) is 61.6 Å². The van der Waals surface area contributed by atoms with Gasteiger partial charge in [-0.1, -0.05) is 19.1 Å². The first-order valence-corrected chi connectivity index (χ1v) is 9.65. The topological polar surface area (TPSA) is 72.0 Å². The second kappa shape index (κ2) is 9.42. The molecule has 5 heteroatoms. The first-order valence-electron chi connectivity index (χ1n) is 9.65. The van der Waals surface area contributed by atoms with E-state index in [0.29, 0.717) is 25.3 Å². The Morgan fingerprint density at radius 2 is 1.71 bits per heavy atom. The Hall–Kier alpha value is -2.79. The van der Waals surface area contributed by atoms with Crippen LogP contribution in [0.3, 0.4) is 0 Å². The van der Waals surface area contributed by atoms with Gasteiger partial charge in [-0.2, -0.15) is 0 Å². The maximum absolute atomic E-state index is 8.30. The van der Waals surface area contributed by atoms with Crippen molar-refractivity contribution in [3.63, 3.8) is 0 Å². The summed E-state index contributed by atoms with van der Waals surface area (Å²) < 4.78 is 11.1. The normalized spacial score (nSPS) is 12.1. The molecular weight excluding hydrogens is 350 g/mol. The van der Waals surface area contributed by atoms with E-state index in [-0.39, 0.29) is 5.92 Å². The van der Waals surface area contributed by atoms with E-state index in [1.54, 1.807) is 19.5 Å². The number of benzene rings is 1. The highest BCUT2D eigenvalue weighted by molar-refractivity contribution is 5.84. The number of rotatable bonds is 9. The molecule has 0 aliphatic rings. The molecule has 2 aromatic heterocycles. The molecule has 0 fully saturated rings. The summed E-state index contributed by atoms with van der Waals surface area (Å²) in [7, 11) is 1.68. The Morgan fingerprint density at radius 3 is 2.36 bits per heavy atom.